The molecule has 1 heterocycles. The van der Waals surface area contributed by atoms with Crippen LogP contribution in [0.5, 0.6) is 0 Å². The van der Waals surface area contributed by atoms with Crippen LogP contribution in [-0.2, 0) is 9.59 Å². The zero-order valence-corrected chi connectivity index (χ0v) is 8.97. The van der Waals surface area contributed by atoms with E-state index in [1.54, 1.807) is 6.92 Å². The molecule has 0 aromatic carbocycles. The minimum atomic E-state index is -1.38. The van der Waals surface area contributed by atoms with Crippen LogP contribution in [0.2, 0.25) is 0 Å². The number of aryl methyl sites for hydroxylation is 1. The smallest absolute Gasteiger partial charge is 0.326 e. The Morgan fingerprint density at radius 3 is 2.65 bits per heavy atom. The lowest BCUT2D eigenvalue weighted by molar-refractivity contribution is -0.140. The van der Waals surface area contributed by atoms with Crippen molar-refractivity contribution in [1.82, 2.24) is 10.5 Å². The molecule has 17 heavy (non-hydrogen) atoms. The Morgan fingerprint density at radius 2 is 2.24 bits per heavy atom. The third-order valence-corrected chi connectivity index (χ3v) is 1.86. The van der Waals surface area contributed by atoms with E-state index in [4.69, 9.17) is 10.8 Å². The van der Waals surface area contributed by atoms with Crippen molar-refractivity contribution in [3.05, 3.63) is 17.5 Å². The second-order valence-electron chi connectivity index (χ2n) is 3.37. The van der Waals surface area contributed by atoms with E-state index in [0.29, 0.717) is 5.69 Å². The second-order valence-corrected chi connectivity index (χ2v) is 3.37. The molecule has 0 fully saturated rings. The van der Waals surface area contributed by atoms with Crippen LogP contribution in [0, 0.1) is 6.92 Å². The number of carbonyl (C=O) groups excluding carboxylic acids is 2. The van der Waals surface area contributed by atoms with Crippen molar-refractivity contribution in [2.24, 2.45) is 5.73 Å². The first-order valence-corrected chi connectivity index (χ1v) is 4.65. The number of rotatable bonds is 5. The van der Waals surface area contributed by atoms with Crippen LogP contribution < -0.4 is 11.1 Å². The Balaban J connectivity index is 2.70. The summed E-state index contributed by atoms with van der Waals surface area (Å²) in [5.41, 5.74) is 5.34. The number of nitrogens with two attached hydrogens (primary N) is 1. The number of carboxylic acids is 1. The van der Waals surface area contributed by atoms with E-state index in [0.717, 1.165) is 0 Å². The van der Waals surface area contributed by atoms with Crippen LogP contribution in [0.25, 0.3) is 0 Å². The van der Waals surface area contributed by atoms with Gasteiger partial charge in [0.05, 0.1) is 12.1 Å². The summed E-state index contributed by atoms with van der Waals surface area (Å²) >= 11 is 0. The molecule has 0 radical (unpaired) electrons. The van der Waals surface area contributed by atoms with Gasteiger partial charge in [-0.1, -0.05) is 5.16 Å². The molecule has 0 bridgehead atoms. The SMILES string of the molecule is Cc1cc(C(=O)NC(CC(N)=O)C(=O)O)on1. The fourth-order valence-electron chi connectivity index (χ4n) is 1.10. The van der Waals surface area contributed by atoms with Gasteiger partial charge in [-0.3, -0.25) is 9.59 Å². The molecule has 0 saturated carbocycles. The molecule has 1 unspecified atom stereocenters. The van der Waals surface area contributed by atoms with Crippen LogP contribution >= 0.6 is 0 Å². The van der Waals surface area contributed by atoms with E-state index in [1.807, 2.05) is 0 Å². The normalized spacial score (nSPS) is 11.8. The van der Waals surface area contributed by atoms with Crippen LogP contribution in [0.15, 0.2) is 10.6 Å². The van der Waals surface area contributed by atoms with Gasteiger partial charge in [0.1, 0.15) is 6.04 Å². The minimum Gasteiger partial charge on any atom is -0.480 e. The van der Waals surface area contributed by atoms with E-state index >= 15 is 0 Å². The van der Waals surface area contributed by atoms with Gasteiger partial charge in [-0.05, 0) is 6.92 Å². The van der Waals surface area contributed by atoms with Crippen molar-refractivity contribution >= 4 is 17.8 Å². The molecule has 4 N–H and O–H groups in total. The predicted molar refractivity (Wildman–Crippen MR) is 53.9 cm³/mol. The quantitative estimate of drug-likeness (QED) is 0.607. The van der Waals surface area contributed by atoms with Crippen LogP contribution in [0.4, 0.5) is 0 Å². The van der Waals surface area contributed by atoms with Gasteiger partial charge in [0.2, 0.25) is 11.7 Å². The molecular weight excluding hydrogens is 230 g/mol. The molecule has 1 aromatic rings. The molecule has 0 spiro atoms. The summed E-state index contributed by atoms with van der Waals surface area (Å²) in [4.78, 5) is 32.8. The lowest BCUT2D eigenvalue weighted by Gasteiger charge is -2.10. The van der Waals surface area contributed by atoms with E-state index in [-0.39, 0.29) is 5.76 Å². The zero-order chi connectivity index (χ0) is 13.0. The fraction of sp³-hybridized carbons (Fsp3) is 0.333. The Kier molecular flexibility index (Phi) is 3.81. The first-order valence-electron chi connectivity index (χ1n) is 4.65. The molecular formula is C9H11N3O5. The second kappa shape index (κ2) is 5.10. The maximum Gasteiger partial charge on any atom is 0.326 e. The number of hydrogen-bond donors (Lipinski definition) is 3. The molecule has 0 aliphatic carbocycles. The van der Waals surface area contributed by atoms with E-state index in [9.17, 15) is 14.4 Å². The Morgan fingerprint density at radius 1 is 1.59 bits per heavy atom. The number of nitrogens with one attached hydrogen (secondary N) is 1. The maximum atomic E-state index is 11.5. The molecule has 1 aromatic heterocycles. The highest BCUT2D eigenvalue weighted by atomic mass is 16.5. The minimum absolute atomic E-state index is 0.127. The summed E-state index contributed by atoms with van der Waals surface area (Å²) in [5.74, 6) is -3.07. The van der Waals surface area contributed by atoms with Crippen molar-refractivity contribution in [2.45, 2.75) is 19.4 Å². The monoisotopic (exact) mass is 241 g/mol. The summed E-state index contributed by atoms with van der Waals surface area (Å²) in [7, 11) is 0. The Bertz CT molecular complexity index is 453. The number of carbonyl (C=O) groups is 3. The van der Waals surface area contributed by atoms with Gasteiger partial charge in [0.25, 0.3) is 5.91 Å². The predicted octanol–water partition coefficient (Wildman–Crippen LogP) is -0.959. The van der Waals surface area contributed by atoms with Crippen molar-refractivity contribution < 1.29 is 24.0 Å². The van der Waals surface area contributed by atoms with E-state index in [1.165, 1.54) is 6.07 Å². The molecule has 0 saturated heterocycles. The average molecular weight is 241 g/mol. The number of aromatic nitrogens is 1. The summed E-state index contributed by atoms with van der Waals surface area (Å²) < 4.78 is 4.64. The topological polar surface area (TPSA) is 136 Å². The largest absolute Gasteiger partial charge is 0.480 e. The van der Waals surface area contributed by atoms with Crippen molar-refractivity contribution in [3.8, 4) is 0 Å². The van der Waals surface area contributed by atoms with Crippen molar-refractivity contribution in [3.63, 3.8) is 0 Å². The number of nitrogens with zero attached hydrogens (tertiary/aromatic N) is 1. The standard InChI is InChI=1S/C9H11N3O5/c1-4-2-6(17-12-4)8(14)11-5(9(15)16)3-7(10)13/h2,5H,3H2,1H3,(H2,10,13)(H,11,14)(H,15,16). The highest BCUT2D eigenvalue weighted by molar-refractivity contribution is 5.95. The number of amides is 2. The third kappa shape index (κ3) is 3.59. The highest BCUT2D eigenvalue weighted by Gasteiger charge is 2.24. The fourth-order valence-corrected chi connectivity index (χ4v) is 1.10. The van der Waals surface area contributed by atoms with Crippen LogP contribution in [0.3, 0.4) is 0 Å². The van der Waals surface area contributed by atoms with Crippen molar-refractivity contribution in [1.29, 1.82) is 0 Å². The molecule has 1 atom stereocenters. The van der Waals surface area contributed by atoms with Crippen LogP contribution in [-0.4, -0.2) is 34.1 Å². The molecule has 0 aliphatic rings. The Labute approximate surface area is 95.8 Å². The highest BCUT2D eigenvalue weighted by Crippen LogP contribution is 2.03. The van der Waals surface area contributed by atoms with E-state index < -0.39 is 30.2 Å². The molecule has 8 heteroatoms. The molecule has 1 rings (SSSR count). The summed E-state index contributed by atoms with van der Waals surface area (Å²) in [5, 5.41) is 14.3. The van der Waals surface area contributed by atoms with Crippen molar-refractivity contribution in [2.75, 3.05) is 0 Å². The lowest BCUT2D eigenvalue weighted by Crippen LogP contribution is -2.43. The first kappa shape index (κ1) is 12.7. The van der Waals surface area contributed by atoms with Gasteiger partial charge >= 0.3 is 5.97 Å². The number of aliphatic carboxylic acids is 1. The molecule has 0 aliphatic heterocycles. The maximum absolute atomic E-state index is 11.5. The van der Waals surface area contributed by atoms with E-state index in [2.05, 4.69) is 15.0 Å². The van der Waals surface area contributed by atoms with Gasteiger partial charge in [0, 0.05) is 6.07 Å². The van der Waals surface area contributed by atoms with Gasteiger partial charge in [0.15, 0.2) is 0 Å². The summed E-state index contributed by atoms with van der Waals surface area (Å²) in [6.07, 6.45) is -0.492. The zero-order valence-electron chi connectivity index (χ0n) is 8.97. The van der Waals surface area contributed by atoms with Gasteiger partial charge in [-0.25, -0.2) is 4.79 Å². The summed E-state index contributed by atoms with van der Waals surface area (Å²) in [6, 6.07) is -0.0381. The van der Waals surface area contributed by atoms with Gasteiger partial charge in [-0.2, -0.15) is 0 Å². The first-order chi connectivity index (χ1) is 7.90. The number of primary amides is 1. The number of carboxylic acid groups (broad SMARTS) is 1. The molecule has 8 nitrogen and oxygen atoms in total. The third-order valence-electron chi connectivity index (χ3n) is 1.86. The Hall–Kier alpha value is -2.38. The number of hydrogen-bond acceptors (Lipinski definition) is 5. The van der Waals surface area contributed by atoms with Gasteiger partial charge in [-0.15, -0.1) is 0 Å². The van der Waals surface area contributed by atoms with Crippen LogP contribution in [0.1, 0.15) is 22.7 Å². The molecule has 2 amide bonds. The lowest BCUT2D eigenvalue weighted by atomic mass is 10.2. The van der Waals surface area contributed by atoms with Gasteiger partial charge < -0.3 is 20.7 Å². The summed E-state index contributed by atoms with van der Waals surface area (Å²) in [6.45, 7) is 1.61. The average Bonchev–Trinajstić information content (AvgIpc) is 2.63. The molecule has 92 valence electrons.